The first kappa shape index (κ1) is 18.8. The molecule has 4 rings (SSSR count). The fourth-order valence-corrected chi connectivity index (χ4v) is 4.41. The highest BCUT2D eigenvalue weighted by atomic mass is 35.5. The van der Waals surface area contributed by atoms with E-state index < -0.39 is 0 Å². The Kier molecular flexibility index (Phi) is 5.24. The summed E-state index contributed by atoms with van der Waals surface area (Å²) < 4.78 is 0. The Bertz CT molecular complexity index is 1100. The number of aromatic amines is 1. The van der Waals surface area contributed by atoms with Crippen LogP contribution in [0.2, 0.25) is 5.02 Å². The molecule has 1 aliphatic heterocycles. The number of nitrogens with one attached hydrogen (secondary N) is 2. The monoisotopic (exact) mass is 411 g/mol. The van der Waals surface area contributed by atoms with Crippen LogP contribution in [0.5, 0.6) is 0 Å². The Morgan fingerprint density at radius 1 is 1.14 bits per heavy atom. The minimum Gasteiger partial charge on any atom is -0.310 e. The van der Waals surface area contributed by atoms with Crippen LogP contribution in [-0.2, 0) is 10.5 Å². The third-order valence-electron chi connectivity index (χ3n) is 4.73. The van der Waals surface area contributed by atoms with E-state index in [0.717, 1.165) is 16.7 Å². The van der Waals surface area contributed by atoms with Crippen LogP contribution in [-0.4, -0.2) is 15.9 Å². The summed E-state index contributed by atoms with van der Waals surface area (Å²) in [6, 6.07) is 15.4. The first-order chi connectivity index (χ1) is 13.5. The van der Waals surface area contributed by atoms with Gasteiger partial charge in [-0.3, -0.25) is 9.59 Å². The lowest BCUT2D eigenvalue weighted by molar-refractivity contribution is -0.116. The number of thioether (sulfide) groups is 1. The van der Waals surface area contributed by atoms with Crippen molar-refractivity contribution >= 4 is 35.1 Å². The van der Waals surface area contributed by atoms with Crippen molar-refractivity contribution in [1.82, 2.24) is 9.97 Å². The van der Waals surface area contributed by atoms with Gasteiger partial charge in [-0.2, -0.15) is 0 Å². The lowest BCUT2D eigenvalue weighted by Crippen LogP contribution is -2.31. The molecule has 0 fully saturated rings. The second-order valence-corrected chi connectivity index (χ2v) is 8.10. The standard InChI is InChI=1S/C21H18ClN3O2S/c1-12-6-8-13(9-7-12)15-10-17(26)23-19-18(15)20(27)25-21(24-19)28-11-14-4-2-3-5-16(14)22/h2-9,15H,10-11H2,1H3,(H2,23,24,25,26,27). The molecule has 7 heteroatoms. The fourth-order valence-electron chi connectivity index (χ4n) is 3.26. The van der Waals surface area contributed by atoms with Crippen molar-refractivity contribution in [3.05, 3.63) is 86.2 Å². The van der Waals surface area contributed by atoms with E-state index in [1.165, 1.54) is 11.8 Å². The molecule has 0 saturated heterocycles. The molecular weight excluding hydrogens is 394 g/mol. The van der Waals surface area contributed by atoms with Crippen LogP contribution >= 0.6 is 23.4 Å². The molecule has 0 radical (unpaired) electrons. The van der Waals surface area contributed by atoms with Gasteiger partial charge in [-0.05, 0) is 24.1 Å². The highest BCUT2D eigenvalue weighted by Crippen LogP contribution is 2.35. The average Bonchev–Trinajstić information content (AvgIpc) is 2.67. The van der Waals surface area contributed by atoms with Crippen LogP contribution in [0.15, 0.2) is 58.5 Å². The van der Waals surface area contributed by atoms with E-state index in [0.29, 0.717) is 27.3 Å². The molecule has 0 saturated carbocycles. The van der Waals surface area contributed by atoms with Crippen LogP contribution in [0.4, 0.5) is 5.82 Å². The number of hydrogen-bond acceptors (Lipinski definition) is 4. The van der Waals surface area contributed by atoms with E-state index in [9.17, 15) is 9.59 Å². The maximum atomic E-state index is 12.8. The second-order valence-electron chi connectivity index (χ2n) is 6.73. The number of anilines is 1. The van der Waals surface area contributed by atoms with E-state index in [2.05, 4.69) is 15.3 Å². The predicted octanol–water partition coefficient (Wildman–Crippen LogP) is 4.50. The van der Waals surface area contributed by atoms with Crippen molar-refractivity contribution in [3.63, 3.8) is 0 Å². The number of fused-ring (bicyclic) bond motifs is 1. The predicted molar refractivity (Wildman–Crippen MR) is 112 cm³/mol. The first-order valence-corrected chi connectivity index (χ1v) is 10.2. The molecule has 28 heavy (non-hydrogen) atoms. The van der Waals surface area contributed by atoms with Gasteiger partial charge >= 0.3 is 0 Å². The largest absolute Gasteiger partial charge is 0.310 e. The van der Waals surface area contributed by atoms with Crippen LogP contribution in [0.3, 0.4) is 0 Å². The number of rotatable bonds is 4. The third kappa shape index (κ3) is 3.84. The van der Waals surface area contributed by atoms with E-state index in [1.54, 1.807) is 0 Å². The van der Waals surface area contributed by atoms with Gasteiger partial charge in [0.05, 0.1) is 5.56 Å². The molecule has 0 bridgehead atoms. The highest BCUT2D eigenvalue weighted by molar-refractivity contribution is 7.98. The summed E-state index contributed by atoms with van der Waals surface area (Å²) in [6.45, 7) is 2.00. The number of hydrogen-bond donors (Lipinski definition) is 2. The zero-order chi connectivity index (χ0) is 19.7. The smallest absolute Gasteiger partial charge is 0.257 e. The van der Waals surface area contributed by atoms with Crippen molar-refractivity contribution < 1.29 is 4.79 Å². The molecule has 1 aromatic heterocycles. The first-order valence-electron chi connectivity index (χ1n) is 8.88. The van der Waals surface area contributed by atoms with Crippen LogP contribution in [0.25, 0.3) is 0 Å². The highest BCUT2D eigenvalue weighted by Gasteiger charge is 2.30. The number of halogens is 1. The van der Waals surface area contributed by atoms with Crippen LogP contribution in [0, 0.1) is 6.92 Å². The number of carbonyl (C=O) groups excluding carboxylic acids is 1. The Hall–Kier alpha value is -2.57. The van der Waals surface area contributed by atoms with Gasteiger partial charge in [0.1, 0.15) is 5.82 Å². The topological polar surface area (TPSA) is 74.8 Å². The molecule has 3 aromatic rings. The van der Waals surface area contributed by atoms with Gasteiger partial charge < -0.3 is 10.3 Å². The number of carbonyl (C=O) groups is 1. The molecule has 1 atom stereocenters. The molecular formula is C21H18ClN3O2S. The summed E-state index contributed by atoms with van der Waals surface area (Å²) in [5.41, 5.74) is 3.30. The van der Waals surface area contributed by atoms with Gasteiger partial charge in [-0.1, -0.05) is 71.4 Å². The average molecular weight is 412 g/mol. The third-order valence-corrected chi connectivity index (χ3v) is 6.02. The van der Waals surface area contributed by atoms with Crippen LogP contribution < -0.4 is 10.9 Å². The number of benzene rings is 2. The normalized spacial score (nSPS) is 15.8. The zero-order valence-electron chi connectivity index (χ0n) is 15.2. The molecule has 5 nitrogen and oxygen atoms in total. The zero-order valence-corrected chi connectivity index (χ0v) is 16.7. The Balaban J connectivity index is 1.66. The van der Waals surface area contributed by atoms with Crippen molar-refractivity contribution in [2.75, 3.05) is 5.32 Å². The molecule has 142 valence electrons. The molecule has 2 aromatic carbocycles. The van der Waals surface area contributed by atoms with Gasteiger partial charge in [0.25, 0.3) is 5.56 Å². The number of amides is 1. The van der Waals surface area contributed by atoms with Gasteiger partial charge in [-0.25, -0.2) is 4.98 Å². The van der Waals surface area contributed by atoms with Crippen LogP contribution in [0.1, 0.15) is 34.6 Å². The quantitative estimate of drug-likeness (QED) is 0.489. The Morgan fingerprint density at radius 3 is 2.64 bits per heavy atom. The lowest BCUT2D eigenvalue weighted by Gasteiger charge is -2.24. The lowest BCUT2D eigenvalue weighted by atomic mass is 9.86. The van der Waals surface area contributed by atoms with Gasteiger partial charge in [0.2, 0.25) is 5.91 Å². The molecule has 2 heterocycles. The SMILES string of the molecule is Cc1ccc(C2CC(=O)Nc3nc(SCc4ccccc4Cl)[nH]c(=O)c32)cc1. The maximum absolute atomic E-state index is 12.8. The summed E-state index contributed by atoms with van der Waals surface area (Å²) in [5, 5.41) is 3.87. The number of aromatic nitrogens is 2. The molecule has 0 spiro atoms. The Labute approximate surface area is 171 Å². The molecule has 1 amide bonds. The van der Waals surface area contributed by atoms with E-state index in [-0.39, 0.29) is 23.8 Å². The number of aryl methyl sites for hydroxylation is 1. The molecule has 1 unspecified atom stereocenters. The van der Waals surface area contributed by atoms with E-state index >= 15 is 0 Å². The van der Waals surface area contributed by atoms with Crippen molar-refractivity contribution in [2.24, 2.45) is 0 Å². The molecule has 2 N–H and O–H groups in total. The van der Waals surface area contributed by atoms with Crippen molar-refractivity contribution in [1.29, 1.82) is 0 Å². The fraction of sp³-hybridized carbons (Fsp3) is 0.190. The van der Waals surface area contributed by atoms with Gasteiger partial charge in [-0.15, -0.1) is 0 Å². The maximum Gasteiger partial charge on any atom is 0.257 e. The van der Waals surface area contributed by atoms with Crippen molar-refractivity contribution in [2.45, 2.75) is 30.2 Å². The van der Waals surface area contributed by atoms with E-state index in [1.807, 2.05) is 55.5 Å². The summed E-state index contributed by atoms with van der Waals surface area (Å²) >= 11 is 7.56. The number of nitrogens with zero attached hydrogens (tertiary/aromatic N) is 1. The molecule has 1 aliphatic rings. The second kappa shape index (κ2) is 7.81. The summed E-state index contributed by atoms with van der Waals surface area (Å²) in [5.74, 6) is 0.463. The summed E-state index contributed by atoms with van der Waals surface area (Å²) in [6.07, 6.45) is 0.229. The van der Waals surface area contributed by atoms with E-state index in [4.69, 9.17) is 11.6 Å². The minimum atomic E-state index is -0.303. The number of H-pyrrole nitrogens is 1. The minimum absolute atomic E-state index is 0.141. The van der Waals surface area contributed by atoms with Crippen molar-refractivity contribution in [3.8, 4) is 0 Å². The summed E-state index contributed by atoms with van der Waals surface area (Å²) in [4.78, 5) is 32.4. The molecule has 0 aliphatic carbocycles. The Morgan fingerprint density at radius 2 is 1.89 bits per heavy atom. The summed E-state index contributed by atoms with van der Waals surface area (Å²) in [7, 11) is 0. The van der Waals surface area contributed by atoms with Gasteiger partial charge in [0.15, 0.2) is 5.16 Å². The van der Waals surface area contributed by atoms with Gasteiger partial charge in [0, 0.05) is 23.1 Å².